The molecule has 0 aliphatic carbocycles. The summed E-state index contributed by atoms with van der Waals surface area (Å²) in [6.45, 7) is 4.97. The van der Waals surface area contributed by atoms with Crippen LogP contribution in [0.4, 0.5) is 18.0 Å². The number of halogens is 3. The summed E-state index contributed by atoms with van der Waals surface area (Å²) in [5.74, 6) is -4.58. The van der Waals surface area contributed by atoms with Crippen molar-refractivity contribution in [3.63, 3.8) is 0 Å². The lowest BCUT2D eigenvalue weighted by Crippen LogP contribution is -2.43. The fourth-order valence-electron chi connectivity index (χ4n) is 2.76. The Bertz CT molecular complexity index is 427. The Labute approximate surface area is 134 Å². The van der Waals surface area contributed by atoms with Crippen LogP contribution in [-0.2, 0) is 4.79 Å². The topological polar surface area (TPSA) is 69.6 Å². The molecule has 1 rings (SSSR count). The van der Waals surface area contributed by atoms with Crippen LogP contribution in [0.5, 0.6) is 0 Å². The molecule has 0 aromatic carbocycles. The van der Waals surface area contributed by atoms with Crippen molar-refractivity contribution in [1.29, 1.82) is 0 Å². The molecule has 0 saturated carbocycles. The molecule has 1 unspecified atom stereocenters. The van der Waals surface area contributed by atoms with E-state index < -0.39 is 43.1 Å². The number of likely N-dealkylation sites (tertiary alicyclic amines) is 1. The molecule has 1 heterocycles. The monoisotopic (exact) mass is 338 g/mol. The Balaban J connectivity index is 2.55. The SMILES string of the molecule is CC(C)CCCC(C)NC(=O)N1C[C@@H](C(F)(F)F)[C@H](C(=O)O)C1. The van der Waals surface area contributed by atoms with E-state index in [0.717, 1.165) is 24.2 Å². The van der Waals surface area contributed by atoms with Gasteiger partial charge in [0.1, 0.15) is 0 Å². The largest absolute Gasteiger partial charge is 0.481 e. The number of alkyl halides is 3. The van der Waals surface area contributed by atoms with Crippen LogP contribution in [0.2, 0.25) is 0 Å². The lowest BCUT2D eigenvalue weighted by atomic mass is 9.96. The number of carboxylic acid groups (broad SMARTS) is 1. The summed E-state index contributed by atoms with van der Waals surface area (Å²) in [5, 5.41) is 11.6. The van der Waals surface area contributed by atoms with Gasteiger partial charge in [0, 0.05) is 19.1 Å². The van der Waals surface area contributed by atoms with Crippen LogP contribution in [-0.4, -0.2) is 47.3 Å². The van der Waals surface area contributed by atoms with Crippen LogP contribution in [0.25, 0.3) is 0 Å². The van der Waals surface area contributed by atoms with E-state index in [2.05, 4.69) is 19.2 Å². The van der Waals surface area contributed by atoms with Crippen LogP contribution in [0.3, 0.4) is 0 Å². The maximum Gasteiger partial charge on any atom is 0.394 e. The van der Waals surface area contributed by atoms with E-state index in [0.29, 0.717) is 5.92 Å². The van der Waals surface area contributed by atoms with Gasteiger partial charge in [0.15, 0.2) is 0 Å². The molecule has 0 spiro atoms. The number of aliphatic carboxylic acids is 1. The molecule has 1 saturated heterocycles. The number of carbonyl (C=O) groups is 2. The van der Waals surface area contributed by atoms with Crippen molar-refractivity contribution in [2.45, 2.75) is 52.3 Å². The highest BCUT2D eigenvalue weighted by molar-refractivity contribution is 5.78. The van der Waals surface area contributed by atoms with E-state index in [9.17, 15) is 22.8 Å². The first-order chi connectivity index (χ1) is 10.5. The number of nitrogens with one attached hydrogen (secondary N) is 1. The summed E-state index contributed by atoms with van der Waals surface area (Å²) in [5.41, 5.74) is 0. The Morgan fingerprint density at radius 3 is 2.26 bits per heavy atom. The molecule has 0 bridgehead atoms. The first-order valence-corrected chi connectivity index (χ1v) is 7.87. The van der Waals surface area contributed by atoms with Crippen molar-refractivity contribution in [2.75, 3.05) is 13.1 Å². The van der Waals surface area contributed by atoms with E-state index in [1.165, 1.54) is 0 Å². The van der Waals surface area contributed by atoms with Crippen LogP contribution in [0.15, 0.2) is 0 Å². The quantitative estimate of drug-likeness (QED) is 0.782. The minimum atomic E-state index is -4.62. The Morgan fingerprint density at radius 1 is 1.22 bits per heavy atom. The highest BCUT2D eigenvalue weighted by Crippen LogP contribution is 2.37. The third-order valence-electron chi connectivity index (χ3n) is 4.13. The van der Waals surface area contributed by atoms with Gasteiger partial charge in [-0.3, -0.25) is 4.79 Å². The summed E-state index contributed by atoms with van der Waals surface area (Å²) in [6.07, 6.45) is -1.95. The van der Waals surface area contributed by atoms with Gasteiger partial charge in [-0.2, -0.15) is 13.2 Å². The van der Waals surface area contributed by atoms with Crippen LogP contribution in [0.1, 0.15) is 40.0 Å². The van der Waals surface area contributed by atoms with Crippen molar-refractivity contribution in [3.8, 4) is 0 Å². The maximum atomic E-state index is 12.9. The summed E-state index contributed by atoms with van der Waals surface area (Å²) < 4.78 is 38.7. The van der Waals surface area contributed by atoms with Gasteiger partial charge in [0.2, 0.25) is 0 Å². The van der Waals surface area contributed by atoms with Gasteiger partial charge in [0.25, 0.3) is 0 Å². The first kappa shape index (κ1) is 19.6. The number of carboxylic acids is 1. The Morgan fingerprint density at radius 2 is 1.83 bits per heavy atom. The molecular formula is C15H25F3N2O3. The average Bonchev–Trinajstić information content (AvgIpc) is 2.83. The van der Waals surface area contributed by atoms with Crippen LogP contribution < -0.4 is 5.32 Å². The summed E-state index contributed by atoms with van der Waals surface area (Å²) in [4.78, 5) is 24.0. The molecule has 1 aliphatic rings. The summed E-state index contributed by atoms with van der Waals surface area (Å²) in [7, 11) is 0. The summed E-state index contributed by atoms with van der Waals surface area (Å²) in [6, 6.07) is -0.783. The van der Waals surface area contributed by atoms with E-state index in [1.54, 1.807) is 6.92 Å². The fourth-order valence-corrected chi connectivity index (χ4v) is 2.76. The second-order valence-corrected chi connectivity index (χ2v) is 6.67. The van der Waals surface area contributed by atoms with Gasteiger partial charge in [-0.05, 0) is 19.3 Å². The fraction of sp³-hybridized carbons (Fsp3) is 0.867. The van der Waals surface area contributed by atoms with E-state index >= 15 is 0 Å². The number of nitrogens with zero attached hydrogens (tertiary/aromatic N) is 1. The average molecular weight is 338 g/mol. The lowest BCUT2D eigenvalue weighted by Gasteiger charge is -2.21. The molecule has 8 heteroatoms. The molecule has 0 aromatic rings. The number of hydrogen-bond donors (Lipinski definition) is 2. The van der Waals surface area contributed by atoms with E-state index in [-0.39, 0.29) is 6.04 Å². The Kier molecular flexibility index (Phi) is 6.70. The zero-order valence-electron chi connectivity index (χ0n) is 13.7. The highest BCUT2D eigenvalue weighted by atomic mass is 19.4. The van der Waals surface area contributed by atoms with Gasteiger partial charge in [-0.25, -0.2) is 4.79 Å². The molecule has 1 aliphatic heterocycles. The molecule has 0 radical (unpaired) electrons. The molecule has 0 aromatic heterocycles. The van der Waals surface area contributed by atoms with Crippen molar-refractivity contribution < 1.29 is 27.9 Å². The molecule has 23 heavy (non-hydrogen) atoms. The molecule has 2 amide bonds. The van der Waals surface area contributed by atoms with Crippen molar-refractivity contribution >= 4 is 12.0 Å². The zero-order valence-corrected chi connectivity index (χ0v) is 13.7. The van der Waals surface area contributed by atoms with Gasteiger partial charge in [-0.1, -0.05) is 26.7 Å². The predicted octanol–water partition coefficient (Wildman–Crippen LogP) is 3.11. The minimum absolute atomic E-state index is 0.158. The number of hydrogen-bond acceptors (Lipinski definition) is 2. The van der Waals surface area contributed by atoms with Crippen molar-refractivity contribution in [3.05, 3.63) is 0 Å². The maximum absolute atomic E-state index is 12.9. The standard InChI is InChI=1S/C15H25F3N2O3/c1-9(2)5-4-6-10(3)19-14(23)20-7-11(13(21)22)12(8-20)15(16,17)18/h9-12H,4-8H2,1-3H3,(H,19,23)(H,21,22)/t10?,11-,12-/m1/s1. The molecule has 3 atom stereocenters. The predicted molar refractivity (Wildman–Crippen MR) is 78.9 cm³/mol. The van der Waals surface area contributed by atoms with E-state index in [4.69, 9.17) is 5.11 Å². The first-order valence-electron chi connectivity index (χ1n) is 7.87. The van der Waals surface area contributed by atoms with Crippen LogP contribution in [0, 0.1) is 17.8 Å². The van der Waals surface area contributed by atoms with Crippen molar-refractivity contribution in [2.24, 2.45) is 17.8 Å². The number of amides is 2. The van der Waals surface area contributed by atoms with Gasteiger partial charge >= 0.3 is 18.2 Å². The Hall–Kier alpha value is -1.47. The van der Waals surface area contributed by atoms with Gasteiger partial charge in [0.05, 0.1) is 11.8 Å². The summed E-state index contributed by atoms with van der Waals surface area (Å²) >= 11 is 0. The van der Waals surface area contributed by atoms with Crippen molar-refractivity contribution in [1.82, 2.24) is 10.2 Å². The molecular weight excluding hydrogens is 313 g/mol. The third-order valence-corrected chi connectivity index (χ3v) is 4.13. The highest BCUT2D eigenvalue weighted by Gasteiger charge is 2.53. The molecule has 5 nitrogen and oxygen atoms in total. The van der Waals surface area contributed by atoms with Gasteiger partial charge < -0.3 is 15.3 Å². The number of rotatable bonds is 6. The second-order valence-electron chi connectivity index (χ2n) is 6.67. The molecule has 134 valence electrons. The van der Waals surface area contributed by atoms with Crippen LogP contribution >= 0.6 is 0 Å². The smallest absolute Gasteiger partial charge is 0.394 e. The molecule has 1 fully saturated rings. The zero-order chi connectivity index (χ0) is 17.8. The van der Waals surface area contributed by atoms with E-state index in [1.807, 2.05) is 0 Å². The molecule has 2 N–H and O–H groups in total. The van der Waals surface area contributed by atoms with Gasteiger partial charge in [-0.15, -0.1) is 0 Å². The normalized spacial score (nSPS) is 23.2. The lowest BCUT2D eigenvalue weighted by molar-refractivity contribution is -0.187. The minimum Gasteiger partial charge on any atom is -0.481 e. The third kappa shape index (κ3) is 5.91. The second kappa shape index (κ2) is 7.88. The number of carbonyl (C=O) groups excluding carboxylic acids is 1. The number of urea groups is 1.